The zero-order valence-electron chi connectivity index (χ0n) is 17.5. The number of aliphatic imine (C=N–C) groups is 1. The van der Waals surface area contributed by atoms with Crippen molar-refractivity contribution < 1.29 is 0 Å². The van der Waals surface area contributed by atoms with E-state index in [1.165, 1.54) is 11.5 Å². The van der Waals surface area contributed by atoms with Gasteiger partial charge in [0.1, 0.15) is 5.82 Å². The van der Waals surface area contributed by atoms with Crippen molar-refractivity contribution in [1.82, 2.24) is 29.4 Å². The highest BCUT2D eigenvalue weighted by Gasteiger charge is 2.22. The quantitative estimate of drug-likeness (QED) is 0.484. The average molecular weight is 425 g/mol. The van der Waals surface area contributed by atoms with Crippen LogP contribution in [0.25, 0.3) is 5.69 Å². The summed E-state index contributed by atoms with van der Waals surface area (Å²) < 4.78 is 6.30. The Morgan fingerprint density at radius 3 is 2.63 bits per heavy atom. The summed E-state index contributed by atoms with van der Waals surface area (Å²) in [5.41, 5.74) is 2.15. The lowest BCUT2D eigenvalue weighted by Crippen LogP contribution is -2.52. The average Bonchev–Trinajstić information content (AvgIpc) is 3.47. The highest BCUT2D eigenvalue weighted by atomic mass is 32.1. The molecule has 1 saturated heterocycles. The Balaban J connectivity index is 1.38. The van der Waals surface area contributed by atoms with Crippen LogP contribution in [0.15, 0.2) is 47.7 Å². The van der Waals surface area contributed by atoms with Gasteiger partial charge in [-0.2, -0.15) is 9.47 Å². The number of nitrogens with zero attached hydrogens (tertiary/aromatic N) is 7. The van der Waals surface area contributed by atoms with Gasteiger partial charge in [-0.15, -0.1) is 0 Å². The van der Waals surface area contributed by atoms with Gasteiger partial charge in [-0.05, 0) is 19.1 Å². The molecule has 3 heterocycles. The van der Waals surface area contributed by atoms with Crippen LogP contribution >= 0.6 is 11.5 Å². The molecule has 1 aliphatic heterocycles. The van der Waals surface area contributed by atoms with Gasteiger partial charge in [-0.3, -0.25) is 0 Å². The second-order valence-electron chi connectivity index (χ2n) is 7.12. The first-order valence-corrected chi connectivity index (χ1v) is 11.2. The van der Waals surface area contributed by atoms with E-state index in [9.17, 15) is 0 Å². The van der Waals surface area contributed by atoms with Gasteiger partial charge in [-0.1, -0.05) is 25.1 Å². The summed E-state index contributed by atoms with van der Waals surface area (Å²) in [4.78, 5) is 14.1. The Labute approximate surface area is 181 Å². The van der Waals surface area contributed by atoms with E-state index >= 15 is 0 Å². The smallest absolute Gasteiger partial charge is 0.205 e. The summed E-state index contributed by atoms with van der Waals surface area (Å²) >= 11 is 1.50. The van der Waals surface area contributed by atoms with E-state index in [1.54, 1.807) is 0 Å². The van der Waals surface area contributed by atoms with Gasteiger partial charge in [0, 0.05) is 62.4 Å². The van der Waals surface area contributed by atoms with Gasteiger partial charge >= 0.3 is 0 Å². The summed E-state index contributed by atoms with van der Waals surface area (Å²) in [5, 5.41) is 8.93. The molecule has 1 N–H and O–H groups in total. The van der Waals surface area contributed by atoms with Crippen LogP contribution in [-0.2, 0) is 13.0 Å². The molecule has 30 heavy (non-hydrogen) atoms. The Bertz CT molecular complexity index is 956. The number of nitrogens with one attached hydrogen (secondary N) is 1. The number of benzene rings is 1. The molecule has 8 nitrogen and oxygen atoms in total. The fourth-order valence-corrected chi connectivity index (χ4v) is 4.18. The summed E-state index contributed by atoms with van der Waals surface area (Å²) in [7, 11) is 0. The molecule has 9 heteroatoms. The third-order valence-electron chi connectivity index (χ3n) is 5.03. The first-order chi connectivity index (χ1) is 14.8. The summed E-state index contributed by atoms with van der Waals surface area (Å²) in [5.74, 6) is 1.89. The topological polar surface area (TPSA) is 74.5 Å². The number of hydrogen-bond donors (Lipinski definition) is 1. The Kier molecular flexibility index (Phi) is 6.58. The fourth-order valence-electron chi connectivity index (χ4n) is 3.38. The molecule has 0 radical (unpaired) electrons. The SMILES string of the molecule is CCNC(=NCc1cnn(-c2ccccc2)c1)N1CCN(c2nc(CC)ns2)CC1. The molecule has 0 saturated carbocycles. The van der Waals surface area contributed by atoms with Crippen molar-refractivity contribution in [3.8, 4) is 5.69 Å². The predicted molar refractivity (Wildman–Crippen MR) is 121 cm³/mol. The first kappa shape index (κ1) is 20.3. The van der Waals surface area contributed by atoms with Crippen molar-refractivity contribution in [1.29, 1.82) is 0 Å². The van der Waals surface area contributed by atoms with E-state index in [2.05, 4.69) is 43.4 Å². The fraction of sp³-hybridized carbons (Fsp3) is 0.429. The van der Waals surface area contributed by atoms with Crippen LogP contribution in [-0.4, -0.2) is 62.7 Å². The molecular formula is C21H28N8S. The van der Waals surface area contributed by atoms with Gasteiger partial charge in [0.2, 0.25) is 5.13 Å². The van der Waals surface area contributed by atoms with Gasteiger partial charge in [0.25, 0.3) is 0 Å². The zero-order valence-corrected chi connectivity index (χ0v) is 18.3. The third kappa shape index (κ3) is 4.79. The number of guanidine groups is 1. The second kappa shape index (κ2) is 9.71. The number of aromatic nitrogens is 4. The van der Waals surface area contributed by atoms with Crippen molar-refractivity contribution in [3.63, 3.8) is 0 Å². The maximum absolute atomic E-state index is 4.86. The minimum Gasteiger partial charge on any atom is -0.357 e. The Morgan fingerprint density at radius 1 is 1.13 bits per heavy atom. The molecular weight excluding hydrogens is 396 g/mol. The summed E-state index contributed by atoms with van der Waals surface area (Å²) in [6.45, 7) is 9.32. The lowest BCUT2D eigenvalue weighted by atomic mass is 10.3. The van der Waals surface area contributed by atoms with Crippen LogP contribution < -0.4 is 10.2 Å². The van der Waals surface area contributed by atoms with E-state index < -0.39 is 0 Å². The highest BCUT2D eigenvalue weighted by molar-refractivity contribution is 7.09. The van der Waals surface area contributed by atoms with E-state index in [0.29, 0.717) is 6.54 Å². The van der Waals surface area contributed by atoms with Crippen LogP contribution in [0.1, 0.15) is 25.2 Å². The molecule has 0 unspecified atom stereocenters. The minimum absolute atomic E-state index is 0.603. The molecule has 1 fully saturated rings. The number of rotatable bonds is 6. The van der Waals surface area contributed by atoms with E-state index in [-0.39, 0.29) is 0 Å². The molecule has 1 aromatic carbocycles. The largest absolute Gasteiger partial charge is 0.357 e. The number of anilines is 1. The van der Waals surface area contributed by atoms with Crippen molar-refractivity contribution in [2.24, 2.45) is 4.99 Å². The number of hydrogen-bond acceptors (Lipinski definition) is 6. The van der Waals surface area contributed by atoms with Crippen LogP contribution in [0.5, 0.6) is 0 Å². The molecule has 3 aromatic rings. The van der Waals surface area contributed by atoms with E-state index in [4.69, 9.17) is 4.99 Å². The minimum atomic E-state index is 0.603. The van der Waals surface area contributed by atoms with Crippen molar-refractivity contribution in [3.05, 3.63) is 54.1 Å². The lowest BCUT2D eigenvalue weighted by Gasteiger charge is -2.36. The molecule has 0 aliphatic carbocycles. The maximum atomic E-state index is 4.86. The third-order valence-corrected chi connectivity index (χ3v) is 5.84. The number of piperazine rings is 1. The van der Waals surface area contributed by atoms with E-state index in [1.807, 2.05) is 47.4 Å². The van der Waals surface area contributed by atoms with Crippen molar-refractivity contribution >= 4 is 22.6 Å². The van der Waals surface area contributed by atoms with Crippen molar-refractivity contribution in [2.75, 3.05) is 37.6 Å². The van der Waals surface area contributed by atoms with Gasteiger partial charge in [0.15, 0.2) is 5.96 Å². The lowest BCUT2D eigenvalue weighted by molar-refractivity contribution is 0.372. The molecule has 0 bridgehead atoms. The molecule has 4 rings (SSSR count). The standard InChI is InChI=1S/C21H28N8S/c1-3-19-25-21(30-26-19)28-12-10-27(11-13-28)20(22-4-2)23-14-17-15-24-29(16-17)18-8-6-5-7-9-18/h5-9,15-16H,3-4,10-14H2,1-2H3,(H,22,23). The zero-order chi connectivity index (χ0) is 20.8. The normalized spacial score (nSPS) is 14.9. The monoisotopic (exact) mass is 424 g/mol. The molecule has 0 amide bonds. The number of aryl methyl sites for hydroxylation is 1. The van der Waals surface area contributed by atoms with Crippen LogP contribution in [0.3, 0.4) is 0 Å². The molecule has 0 atom stereocenters. The number of para-hydroxylation sites is 1. The molecule has 1 aliphatic rings. The van der Waals surface area contributed by atoms with Crippen LogP contribution in [0, 0.1) is 0 Å². The predicted octanol–water partition coefficient (Wildman–Crippen LogP) is 2.57. The van der Waals surface area contributed by atoms with Gasteiger partial charge in [-0.25, -0.2) is 14.7 Å². The van der Waals surface area contributed by atoms with Gasteiger partial charge in [0.05, 0.1) is 18.4 Å². The molecule has 2 aromatic heterocycles. The second-order valence-corrected chi connectivity index (χ2v) is 7.85. The summed E-state index contributed by atoms with van der Waals surface area (Å²) in [6, 6.07) is 10.1. The first-order valence-electron chi connectivity index (χ1n) is 10.5. The molecule has 158 valence electrons. The summed E-state index contributed by atoms with van der Waals surface area (Å²) in [6.07, 6.45) is 4.81. The molecule has 0 spiro atoms. The van der Waals surface area contributed by atoms with Crippen LogP contribution in [0.2, 0.25) is 0 Å². The van der Waals surface area contributed by atoms with Gasteiger partial charge < -0.3 is 15.1 Å². The Morgan fingerprint density at radius 2 is 1.93 bits per heavy atom. The highest BCUT2D eigenvalue weighted by Crippen LogP contribution is 2.19. The van der Waals surface area contributed by atoms with Crippen LogP contribution in [0.4, 0.5) is 5.13 Å². The van der Waals surface area contributed by atoms with E-state index in [0.717, 1.165) is 67.3 Å². The Hall–Kier alpha value is -2.94. The van der Waals surface area contributed by atoms with Crippen molar-refractivity contribution in [2.45, 2.75) is 26.8 Å². The maximum Gasteiger partial charge on any atom is 0.205 e.